The quantitative estimate of drug-likeness (QED) is 0.513. The van der Waals surface area contributed by atoms with Gasteiger partial charge in [0.1, 0.15) is 10.7 Å². The van der Waals surface area contributed by atoms with Crippen LogP contribution in [0.3, 0.4) is 0 Å². The van der Waals surface area contributed by atoms with Crippen molar-refractivity contribution in [3.63, 3.8) is 0 Å². The lowest BCUT2D eigenvalue weighted by Crippen LogP contribution is -2.18. The van der Waals surface area contributed by atoms with E-state index < -0.39 is 5.97 Å². The molecule has 26 heavy (non-hydrogen) atoms. The molecule has 0 fully saturated rings. The number of amides is 1. The Bertz CT molecular complexity index is 992. The average molecular weight is 391 g/mol. The van der Waals surface area contributed by atoms with Crippen LogP contribution in [0.25, 0.3) is 10.1 Å². The molecule has 0 aliphatic carbocycles. The van der Waals surface area contributed by atoms with Crippen molar-refractivity contribution in [1.29, 1.82) is 0 Å². The van der Waals surface area contributed by atoms with Gasteiger partial charge in [0.2, 0.25) is 11.7 Å². The summed E-state index contributed by atoms with van der Waals surface area (Å²) in [6.07, 6.45) is 0. The Labute approximate surface area is 156 Å². The number of ketones is 1. The second-order valence-electron chi connectivity index (χ2n) is 5.47. The monoisotopic (exact) mass is 391 g/mol. The molecule has 3 rings (SSSR count). The maximum Gasteiger partial charge on any atom is 0.348 e. The number of carbonyl (C=O) groups excluding carboxylic acids is 3. The first kappa shape index (κ1) is 18.2. The van der Waals surface area contributed by atoms with Crippen molar-refractivity contribution >= 4 is 50.4 Å². The SMILES string of the molecule is CC(=O)NCc1ccc(C(=O)COC(=O)c2cc3cc(F)ccc3s2)s1. The van der Waals surface area contributed by atoms with E-state index in [0.29, 0.717) is 21.7 Å². The number of benzene rings is 1. The van der Waals surface area contributed by atoms with Gasteiger partial charge in [-0.3, -0.25) is 9.59 Å². The van der Waals surface area contributed by atoms with Crippen LogP contribution in [0.2, 0.25) is 0 Å². The normalized spacial score (nSPS) is 10.7. The van der Waals surface area contributed by atoms with E-state index in [-0.39, 0.29) is 24.1 Å². The highest BCUT2D eigenvalue weighted by Gasteiger charge is 2.16. The molecule has 1 amide bonds. The van der Waals surface area contributed by atoms with Gasteiger partial charge in [-0.2, -0.15) is 0 Å². The van der Waals surface area contributed by atoms with Gasteiger partial charge in [-0.1, -0.05) is 0 Å². The predicted molar refractivity (Wildman–Crippen MR) is 98.2 cm³/mol. The van der Waals surface area contributed by atoms with Gasteiger partial charge >= 0.3 is 5.97 Å². The van der Waals surface area contributed by atoms with E-state index in [0.717, 1.165) is 9.58 Å². The van der Waals surface area contributed by atoms with Crippen LogP contribution in [0.1, 0.15) is 31.1 Å². The van der Waals surface area contributed by atoms with Crippen molar-refractivity contribution in [2.45, 2.75) is 13.5 Å². The molecule has 0 atom stereocenters. The number of Topliss-reactive ketones (excluding diaryl/α,β-unsaturated/α-hetero) is 1. The molecule has 3 aromatic rings. The van der Waals surface area contributed by atoms with Gasteiger partial charge in [0.05, 0.1) is 11.4 Å². The summed E-state index contributed by atoms with van der Waals surface area (Å²) < 4.78 is 19.1. The van der Waals surface area contributed by atoms with Gasteiger partial charge in [-0.25, -0.2) is 9.18 Å². The van der Waals surface area contributed by atoms with Crippen LogP contribution in [0, 0.1) is 5.82 Å². The van der Waals surface area contributed by atoms with E-state index in [1.54, 1.807) is 24.3 Å². The summed E-state index contributed by atoms with van der Waals surface area (Å²) in [4.78, 5) is 36.8. The van der Waals surface area contributed by atoms with Crippen LogP contribution in [0.4, 0.5) is 4.39 Å². The highest BCUT2D eigenvalue weighted by Crippen LogP contribution is 2.27. The van der Waals surface area contributed by atoms with Crippen LogP contribution < -0.4 is 5.32 Å². The fourth-order valence-corrected chi connectivity index (χ4v) is 4.03. The fourth-order valence-electron chi connectivity index (χ4n) is 2.22. The van der Waals surface area contributed by atoms with Gasteiger partial charge in [-0.15, -0.1) is 22.7 Å². The molecule has 2 aromatic heterocycles. The van der Waals surface area contributed by atoms with Crippen LogP contribution >= 0.6 is 22.7 Å². The third kappa shape index (κ3) is 4.33. The summed E-state index contributed by atoms with van der Waals surface area (Å²) in [5.74, 6) is -1.46. The van der Waals surface area contributed by atoms with E-state index in [1.165, 1.54) is 41.7 Å². The fraction of sp³-hybridized carbons (Fsp3) is 0.167. The van der Waals surface area contributed by atoms with E-state index in [2.05, 4.69) is 5.32 Å². The Kier molecular flexibility index (Phi) is 5.43. The Hall–Kier alpha value is -2.58. The molecule has 5 nitrogen and oxygen atoms in total. The van der Waals surface area contributed by atoms with Gasteiger partial charge in [0, 0.05) is 16.5 Å². The maximum absolute atomic E-state index is 13.2. The summed E-state index contributed by atoms with van der Waals surface area (Å²) in [7, 11) is 0. The molecule has 0 aliphatic heterocycles. The second-order valence-corrected chi connectivity index (χ2v) is 7.72. The minimum Gasteiger partial charge on any atom is -0.453 e. The molecule has 8 heteroatoms. The molecular formula is C18H14FNO4S2. The number of hydrogen-bond donors (Lipinski definition) is 1. The van der Waals surface area contributed by atoms with Crippen molar-refractivity contribution < 1.29 is 23.5 Å². The van der Waals surface area contributed by atoms with Crippen molar-refractivity contribution in [1.82, 2.24) is 5.32 Å². The summed E-state index contributed by atoms with van der Waals surface area (Å²) in [5.41, 5.74) is 0. The zero-order valence-corrected chi connectivity index (χ0v) is 15.3. The number of carbonyl (C=O) groups is 3. The molecule has 1 N–H and O–H groups in total. The zero-order valence-electron chi connectivity index (χ0n) is 13.7. The molecule has 0 unspecified atom stereocenters. The summed E-state index contributed by atoms with van der Waals surface area (Å²) in [5, 5.41) is 3.27. The number of ether oxygens (including phenoxy) is 1. The van der Waals surface area contributed by atoms with Crippen molar-refractivity contribution in [3.8, 4) is 0 Å². The largest absolute Gasteiger partial charge is 0.453 e. The first-order valence-corrected chi connectivity index (χ1v) is 9.28. The van der Waals surface area contributed by atoms with Crippen molar-refractivity contribution in [2.75, 3.05) is 6.61 Å². The smallest absolute Gasteiger partial charge is 0.348 e. The average Bonchev–Trinajstić information content (AvgIpc) is 3.23. The van der Waals surface area contributed by atoms with Crippen LogP contribution in [-0.4, -0.2) is 24.3 Å². The number of halogens is 1. The highest BCUT2D eigenvalue weighted by atomic mass is 32.1. The molecule has 0 radical (unpaired) electrons. The first-order valence-electron chi connectivity index (χ1n) is 7.65. The Morgan fingerprint density at radius 2 is 1.88 bits per heavy atom. The lowest BCUT2D eigenvalue weighted by molar-refractivity contribution is -0.119. The van der Waals surface area contributed by atoms with Gasteiger partial charge < -0.3 is 10.1 Å². The van der Waals surface area contributed by atoms with Gasteiger partial charge in [-0.05, 0) is 41.8 Å². The second kappa shape index (κ2) is 7.76. The van der Waals surface area contributed by atoms with E-state index in [9.17, 15) is 18.8 Å². The van der Waals surface area contributed by atoms with Crippen LogP contribution in [0.5, 0.6) is 0 Å². The number of fused-ring (bicyclic) bond motifs is 1. The topological polar surface area (TPSA) is 72.5 Å². The molecule has 0 aliphatic rings. The van der Waals surface area contributed by atoms with Gasteiger partial charge in [0.15, 0.2) is 6.61 Å². The Morgan fingerprint density at radius 1 is 1.08 bits per heavy atom. The number of esters is 1. The molecule has 0 saturated carbocycles. The number of hydrogen-bond acceptors (Lipinski definition) is 6. The van der Waals surface area contributed by atoms with Crippen LogP contribution in [0.15, 0.2) is 36.4 Å². The van der Waals surface area contributed by atoms with Crippen molar-refractivity contribution in [2.24, 2.45) is 0 Å². The molecule has 0 spiro atoms. The van der Waals surface area contributed by atoms with E-state index in [4.69, 9.17) is 4.74 Å². The van der Waals surface area contributed by atoms with Gasteiger partial charge in [0.25, 0.3) is 0 Å². The van der Waals surface area contributed by atoms with E-state index in [1.807, 2.05) is 0 Å². The molecule has 2 heterocycles. The predicted octanol–water partition coefficient (Wildman–Crippen LogP) is 3.78. The Balaban J connectivity index is 1.59. The summed E-state index contributed by atoms with van der Waals surface area (Å²) in [6.45, 7) is 1.40. The maximum atomic E-state index is 13.2. The number of nitrogens with one attached hydrogen (secondary N) is 1. The molecule has 1 aromatic carbocycles. The summed E-state index contributed by atoms with van der Waals surface area (Å²) >= 11 is 2.43. The lowest BCUT2D eigenvalue weighted by atomic mass is 10.2. The van der Waals surface area contributed by atoms with Crippen LogP contribution in [-0.2, 0) is 16.1 Å². The highest BCUT2D eigenvalue weighted by molar-refractivity contribution is 7.20. The minimum atomic E-state index is -0.616. The molecule has 134 valence electrons. The van der Waals surface area contributed by atoms with E-state index >= 15 is 0 Å². The Morgan fingerprint density at radius 3 is 2.65 bits per heavy atom. The number of rotatable bonds is 6. The molecular weight excluding hydrogens is 377 g/mol. The standard InChI is InChI=1S/C18H14FNO4S2/c1-10(21)20-8-13-3-5-16(25-13)14(22)9-24-18(23)17-7-11-6-12(19)2-4-15(11)26-17/h2-7H,8-9H2,1H3,(H,20,21). The third-order valence-electron chi connectivity index (χ3n) is 3.46. The lowest BCUT2D eigenvalue weighted by Gasteiger charge is -2.01. The number of thiophene rings is 2. The van der Waals surface area contributed by atoms with Crippen molar-refractivity contribution in [3.05, 3.63) is 56.8 Å². The molecule has 0 saturated heterocycles. The summed E-state index contributed by atoms with van der Waals surface area (Å²) in [6, 6.07) is 9.20. The first-order chi connectivity index (χ1) is 12.4. The third-order valence-corrected chi connectivity index (χ3v) is 5.68. The molecule has 0 bridgehead atoms. The minimum absolute atomic E-state index is 0.150. The zero-order chi connectivity index (χ0) is 18.7.